The minimum absolute atomic E-state index is 0.668. The van der Waals surface area contributed by atoms with Crippen molar-refractivity contribution in [3.8, 4) is 0 Å². The second kappa shape index (κ2) is 3.25. The maximum atomic E-state index is 5.36. The van der Waals surface area contributed by atoms with Crippen LogP contribution in [-0.4, -0.2) is 9.55 Å². The molecule has 0 aliphatic rings. The Morgan fingerprint density at radius 1 is 1.50 bits per heavy atom. The van der Waals surface area contributed by atoms with Crippen LogP contribution in [0.4, 0.5) is 5.95 Å². The Hall–Kier alpha value is -1.07. The van der Waals surface area contributed by atoms with Gasteiger partial charge in [-0.3, -0.25) is 5.43 Å². The number of benzene rings is 1. The summed E-state index contributed by atoms with van der Waals surface area (Å²) >= 11 is 3.44. The Morgan fingerprint density at radius 3 is 2.86 bits per heavy atom. The van der Waals surface area contributed by atoms with Crippen LogP contribution >= 0.6 is 15.9 Å². The number of aromatic nitrogens is 2. The summed E-state index contributed by atoms with van der Waals surface area (Å²) in [5, 5.41) is 0. The van der Waals surface area contributed by atoms with Gasteiger partial charge < -0.3 is 4.57 Å². The number of nitrogens with zero attached hydrogens (tertiary/aromatic N) is 2. The number of aryl methyl sites for hydroxylation is 2. The van der Waals surface area contributed by atoms with Gasteiger partial charge in [-0.05, 0) is 24.6 Å². The van der Waals surface area contributed by atoms with Crippen molar-refractivity contribution in [2.45, 2.75) is 6.92 Å². The van der Waals surface area contributed by atoms with Gasteiger partial charge in [-0.2, -0.15) is 0 Å². The van der Waals surface area contributed by atoms with Crippen molar-refractivity contribution in [2.24, 2.45) is 12.9 Å². The van der Waals surface area contributed by atoms with E-state index in [0.29, 0.717) is 5.95 Å². The first-order chi connectivity index (χ1) is 6.63. The predicted molar refractivity (Wildman–Crippen MR) is 61.0 cm³/mol. The zero-order valence-electron chi connectivity index (χ0n) is 8.00. The molecule has 0 unspecified atom stereocenters. The molecule has 0 saturated heterocycles. The van der Waals surface area contributed by atoms with Crippen LogP contribution in [0.2, 0.25) is 0 Å². The largest absolute Gasteiger partial charge is 0.312 e. The lowest BCUT2D eigenvalue weighted by Gasteiger charge is -2.02. The average Bonchev–Trinajstić information content (AvgIpc) is 2.42. The van der Waals surface area contributed by atoms with Gasteiger partial charge in [-0.25, -0.2) is 10.8 Å². The van der Waals surface area contributed by atoms with Gasteiger partial charge in [0, 0.05) is 11.5 Å². The van der Waals surface area contributed by atoms with Gasteiger partial charge in [-0.15, -0.1) is 0 Å². The van der Waals surface area contributed by atoms with Gasteiger partial charge in [-0.1, -0.05) is 15.9 Å². The summed E-state index contributed by atoms with van der Waals surface area (Å²) in [5.41, 5.74) is 5.78. The normalized spacial score (nSPS) is 10.9. The molecule has 1 aromatic carbocycles. The quantitative estimate of drug-likeness (QED) is 0.604. The Kier molecular flexibility index (Phi) is 2.20. The predicted octanol–water partition coefficient (Wildman–Crippen LogP) is 1.93. The van der Waals surface area contributed by atoms with E-state index >= 15 is 0 Å². The summed E-state index contributed by atoms with van der Waals surface area (Å²) in [6, 6.07) is 4.04. The van der Waals surface area contributed by atoms with Crippen LogP contribution in [-0.2, 0) is 7.05 Å². The molecule has 0 radical (unpaired) electrons. The summed E-state index contributed by atoms with van der Waals surface area (Å²) in [4.78, 5) is 4.35. The van der Waals surface area contributed by atoms with Gasteiger partial charge in [0.25, 0.3) is 0 Å². The minimum atomic E-state index is 0.668. The van der Waals surface area contributed by atoms with E-state index in [9.17, 15) is 0 Å². The Bertz CT molecular complexity index is 489. The lowest BCUT2D eigenvalue weighted by molar-refractivity contribution is 0.939. The number of fused-ring (bicyclic) bond motifs is 1. The molecule has 0 fully saturated rings. The molecule has 2 rings (SSSR count). The van der Waals surface area contributed by atoms with Crippen LogP contribution in [0.15, 0.2) is 16.6 Å². The molecule has 0 atom stereocenters. The average molecular weight is 255 g/mol. The highest BCUT2D eigenvalue weighted by Gasteiger charge is 2.09. The Balaban J connectivity index is 2.85. The molecule has 2 aromatic rings. The first-order valence-electron chi connectivity index (χ1n) is 4.22. The molecule has 74 valence electrons. The summed E-state index contributed by atoms with van der Waals surface area (Å²) in [5.74, 6) is 6.03. The number of nitrogens with one attached hydrogen (secondary N) is 1. The number of anilines is 1. The molecule has 3 N–H and O–H groups in total. The summed E-state index contributed by atoms with van der Waals surface area (Å²) in [7, 11) is 1.94. The highest BCUT2D eigenvalue weighted by atomic mass is 79.9. The van der Waals surface area contributed by atoms with E-state index < -0.39 is 0 Å². The third-order valence-corrected chi connectivity index (χ3v) is 2.71. The smallest absolute Gasteiger partial charge is 0.218 e. The molecular formula is C9H11BrN4. The third-order valence-electron chi connectivity index (χ3n) is 2.25. The first-order valence-corrected chi connectivity index (χ1v) is 5.02. The minimum Gasteiger partial charge on any atom is -0.312 e. The fourth-order valence-electron chi connectivity index (χ4n) is 1.66. The van der Waals surface area contributed by atoms with E-state index in [2.05, 4.69) is 39.3 Å². The van der Waals surface area contributed by atoms with Gasteiger partial charge in [0.15, 0.2) is 0 Å². The SMILES string of the molecule is Cc1cc(Br)cc2nc(NN)n(C)c12. The third kappa shape index (κ3) is 1.29. The van der Waals surface area contributed by atoms with Crippen molar-refractivity contribution < 1.29 is 0 Å². The van der Waals surface area contributed by atoms with Crippen molar-refractivity contribution in [1.29, 1.82) is 0 Å². The molecule has 0 amide bonds. The monoisotopic (exact) mass is 254 g/mol. The van der Waals surface area contributed by atoms with Gasteiger partial charge in [0.05, 0.1) is 11.0 Å². The fraction of sp³-hybridized carbons (Fsp3) is 0.222. The number of halogens is 1. The summed E-state index contributed by atoms with van der Waals surface area (Å²) in [6.07, 6.45) is 0. The number of hydrazine groups is 1. The highest BCUT2D eigenvalue weighted by molar-refractivity contribution is 9.10. The molecule has 1 heterocycles. The number of nitrogen functional groups attached to an aromatic ring is 1. The number of nitrogens with two attached hydrogens (primary N) is 1. The van der Waals surface area contributed by atoms with Crippen LogP contribution in [0, 0.1) is 6.92 Å². The number of hydrogen-bond donors (Lipinski definition) is 2. The molecule has 5 heteroatoms. The second-order valence-corrected chi connectivity index (χ2v) is 4.14. The van der Waals surface area contributed by atoms with Crippen molar-refractivity contribution in [3.63, 3.8) is 0 Å². The molecule has 1 aromatic heterocycles. The molecule has 14 heavy (non-hydrogen) atoms. The summed E-state index contributed by atoms with van der Waals surface area (Å²) < 4.78 is 2.97. The molecule has 0 aliphatic heterocycles. The zero-order valence-corrected chi connectivity index (χ0v) is 9.59. The van der Waals surface area contributed by atoms with E-state index in [4.69, 9.17) is 5.84 Å². The first kappa shape index (κ1) is 9.48. The Labute approximate surface area is 90.2 Å². The summed E-state index contributed by atoms with van der Waals surface area (Å²) in [6.45, 7) is 2.05. The Morgan fingerprint density at radius 2 is 2.21 bits per heavy atom. The van der Waals surface area contributed by atoms with Gasteiger partial charge in [0.2, 0.25) is 5.95 Å². The van der Waals surface area contributed by atoms with Crippen molar-refractivity contribution in [1.82, 2.24) is 9.55 Å². The van der Waals surface area contributed by atoms with Crippen LogP contribution < -0.4 is 11.3 Å². The van der Waals surface area contributed by atoms with E-state index in [1.165, 1.54) is 5.56 Å². The van der Waals surface area contributed by atoms with Gasteiger partial charge in [0.1, 0.15) is 0 Å². The molecule has 0 saturated carbocycles. The van der Waals surface area contributed by atoms with Crippen LogP contribution in [0.1, 0.15) is 5.56 Å². The van der Waals surface area contributed by atoms with E-state index in [1.807, 2.05) is 17.7 Å². The molecule has 0 spiro atoms. The van der Waals surface area contributed by atoms with Crippen LogP contribution in [0.3, 0.4) is 0 Å². The van der Waals surface area contributed by atoms with Crippen molar-refractivity contribution >= 4 is 32.9 Å². The second-order valence-electron chi connectivity index (χ2n) is 3.23. The van der Waals surface area contributed by atoms with Gasteiger partial charge >= 0.3 is 0 Å². The fourth-order valence-corrected chi connectivity index (χ4v) is 2.22. The number of rotatable bonds is 1. The van der Waals surface area contributed by atoms with E-state index in [0.717, 1.165) is 15.5 Å². The topological polar surface area (TPSA) is 55.9 Å². The van der Waals surface area contributed by atoms with Crippen LogP contribution in [0.25, 0.3) is 11.0 Å². The van der Waals surface area contributed by atoms with Crippen molar-refractivity contribution in [2.75, 3.05) is 5.43 Å². The molecule has 0 aliphatic carbocycles. The van der Waals surface area contributed by atoms with Crippen molar-refractivity contribution in [3.05, 3.63) is 22.2 Å². The number of hydrogen-bond acceptors (Lipinski definition) is 3. The maximum Gasteiger partial charge on any atom is 0.218 e. The molecule has 4 nitrogen and oxygen atoms in total. The standard InChI is InChI=1S/C9H11BrN4/c1-5-3-6(10)4-7-8(5)14(2)9(12-7)13-11/h3-4H,11H2,1-2H3,(H,12,13). The maximum absolute atomic E-state index is 5.36. The lowest BCUT2D eigenvalue weighted by Crippen LogP contribution is -2.11. The van der Waals surface area contributed by atoms with E-state index in [1.54, 1.807) is 0 Å². The molecular weight excluding hydrogens is 244 g/mol. The van der Waals surface area contributed by atoms with Crippen LogP contribution in [0.5, 0.6) is 0 Å². The lowest BCUT2D eigenvalue weighted by atomic mass is 10.2. The molecule has 0 bridgehead atoms. The van der Waals surface area contributed by atoms with E-state index in [-0.39, 0.29) is 0 Å². The highest BCUT2D eigenvalue weighted by Crippen LogP contribution is 2.25. The zero-order chi connectivity index (χ0) is 10.3. The number of imidazole rings is 1.